The molecule has 0 radical (unpaired) electrons. The van der Waals surface area contributed by atoms with Crippen molar-refractivity contribution in [2.45, 2.75) is 26.2 Å². The molecule has 0 aliphatic rings. The molecule has 1 N–H and O–H groups in total. The Balaban J connectivity index is 1.26. The summed E-state index contributed by atoms with van der Waals surface area (Å²) in [6.07, 6.45) is 1.71. The van der Waals surface area contributed by atoms with Gasteiger partial charge < -0.3 is 9.52 Å². The van der Waals surface area contributed by atoms with Crippen LogP contribution < -0.4 is 0 Å². The summed E-state index contributed by atoms with van der Waals surface area (Å²) >= 11 is 1.82. The standard InChI is InChI=1S/C42H32N2O2S/c1-42(2,3)30-18-19-36(45)29(21-30)25-43-35-15-9-7-14-32(35)41-44-40-33(26-11-5-4-6-12-26)23-28(24-37(40)46-41)27-17-20-39-34(22-27)31-13-8-10-16-38(31)47-39/h4-25,45H,1-3H3. The fraction of sp³-hybridized carbons (Fsp3) is 0.0952. The van der Waals surface area contributed by atoms with Crippen LogP contribution in [-0.4, -0.2) is 16.3 Å². The fourth-order valence-corrected chi connectivity index (χ4v) is 7.17. The first-order valence-electron chi connectivity index (χ1n) is 15.7. The Morgan fingerprint density at radius 2 is 1.45 bits per heavy atom. The first-order chi connectivity index (χ1) is 22.8. The molecular weight excluding hydrogens is 597 g/mol. The number of nitrogens with zero attached hydrogens (tertiary/aromatic N) is 2. The van der Waals surface area contributed by atoms with Crippen LogP contribution in [0.4, 0.5) is 5.69 Å². The summed E-state index contributed by atoms with van der Waals surface area (Å²) < 4.78 is 9.13. The predicted octanol–water partition coefficient (Wildman–Crippen LogP) is 12.0. The number of oxazole rings is 1. The van der Waals surface area contributed by atoms with Gasteiger partial charge in [-0.25, -0.2) is 4.98 Å². The van der Waals surface area contributed by atoms with E-state index in [1.54, 1.807) is 12.3 Å². The zero-order valence-electron chi connectivity index (χ0n) is 26.4. The van der Waals surface area contributed by atoms with Crippen LogP contribution in [0.3, 0.4) is 0 Å². The Morgan fingerprint density at radius 1 is 0.681 bits per heavy atom. The molecule has 4 nitrogen and oxygen atoms in total. The fourth-order valence-electron chi connectivity index (χ4n) is 6.09. The first kappa shape index (κ1) is 28.9. The maximum Gasteiger partial charge on any atom is 0.229 e. The van der Waals surface area contributed by atoms with E-state index in [1.165, 1.54) is 20.2 Å². The van der Waals surface area contributed by atoms with E-state index < -0.39 is 0 Å². The van der Waals surface area contributed by atoms with Crippen molar-refractivity contribution in [1.29, 1.82) is 0 Å². The molecule has 8 aromatic rings. The van der Waals surface area contributed by atoms with Crippen LogP contribution in [0.2, 0.25) is 0 Å². The normalized spacial score (nSPS) is 12.1. The largest absolute Gasteiger partial charge is 0.507 e. The zero-order valence-corrected chi connectivity index (χ0v) is 27.2. The second-order valence-electron chi connectivity index (χ2n) is 12.9. The molecular formula is C42H32N2O2S. The van der Waals surface area contributed by atoms with E-state index in [1.807, 2.05) is 65.9 Å². The lowest BCUT2D eigenvalue weighted by Gasteiger charge is -2.19. The van der Waals surface area contributed by atoms with Crippen molar-refractivity contribution in [3.05, 3.63) is 139 Å². The number of aliphatic imine (C=N–C) groups is 1. The quantitative estimate of drug-likeness (QED) is 0.193. The minimum absolute atomic E-state index is 0.0506. The van der Waals surface area contributed by atoms with E-state index in [0.29, 0.717) is 22.7 Å². The number of hydrogen-bond acceptors (Lipinski definition) is 5. The highest BCUT2D eigenvalue weighted by atomic mass is 32.1. The van der Waals surface area contributed by atoms with Crippen molar-refractivity contribution in [2.75, 3.05) is 0 Å². The summed E-state index contributed by atoms with van der Waals surface area (Å²) in [5.74, 6) is 0.684. The molecule has 0 aliphatic heterocycles. The molecule has 0 saturated carbocycles. The molecule has 2 heterocycles. The summed E-state index contributed by atoms with van der Waals surface area (Å²) in [6, 6.07) is 43.4. The van der Waals surface area contributed by atoms with Gasteiger partial charge in [0.1, 0.15) is 11.3 Å². The number of benzene rings is 6. The van der Waals surface area contributed by atoms with Gasteiger partial charge in [0.25, 0.3) is 0 Å². The van der Waals surface area contributed by atoms with Gasteiger partial charge in [-0.2, -0.15) is 0 Å². The van der Waals surface area contributed by atoms with E-state index in [-0.39, 0.29) is 11.2 Å². The van der Waals surface area contributed by atoms with Crippen LogP contribution in [0.15, 0.2) is 137 Å². The van der Waals surface area contributed by atoms with Gasteiger partial charge in [-0.1, -0.05) is 93.6 Å². The molecule has 2 aromatic heterocycles. The number of hydrogen-bond donors (Lipinski definition) is 1. The summed E-state index contributed by atoms with van der Waals surface area (Å²) in [4.78, 5) is 9.89. The van der Waals surface area contributed by atoms with Crippen molar-refractivity contribution in [3.63, 3.8) is 0 Å². The Kier molecular flexibility index (Phi) is 7.00. The third kappa shape index (κ3) is 5.39. The monoisotopic (exact) mass is 628 g/mol. The average molecular weight is 629 g/mol. The van der Waals surface area contributed by atoms with Crippen molar-refractivity contribution in [3.8, 4) is 39.5 Å². The van der Waals surface area contributed by atoms with Crippen molar-refractivity contribution in [2.24, 2.45) is 4.99 Å². The molecule has 8 rings (SSSR count). The van der Waals surface area contributed by atoms with Gasteiger partial charge in [-0.15, -0.1) is 11.3 Å². The van der Waals surface area contributed by atoms with Crippen LogP contribution in [0.1, 0.15) is 31.9 Å². The average Bonchev–Trinajstić information content (AvgIpc) is 3.69. The Bertz CT molecular complexity index is 2460. The van der Waals surface area contributed by atoms with Crippen LogP contribution in [0, 0.1) is 0 Å². The van der Waals surface area contributed by atoms with Gasteiger partial charge >= 0.3 is 0 Å². The highest BCUT2D eigenvalue weighted by Gasteiger charge is 2.19. The Hall–Kier alpha value is -5.52. The second-order valence-corrected chi connectivity index (χ2v) is 13.9. The summed E-state index contributed by atoms with van der Waals surface area (Å²) in [7, 11) is 0. The number of aromatic nitrogens is 1. The maximum atomic E-state index is 10.6. The third-order valence-electron chi connectivity index (χ3n) is 8.66. The second kappa shape index (κ2) is 11.4. The highest BCUT2D eigenvalue weighted by Crippen LogP contribution is 2.41. The maximum absolute atomic E-state index is 10.6. The number of rotatable bonds is 5. The van der Waals surface area contributed by atoms with Crippen LogP contribution in [-0.2, 0) is 5.41 Å². The topological polar surface area (TPSA) is 58.6 Å². The van der Waals surface area contributed by atoms with Gasteiger partial charge in [0.2, 0.25) is 5.89 Å². The lowest BCUT2D eigenvalue weighted by atomic mass is 9.86. The Labute approximate surface area is 277 Å². The third-order valence-corrected chi connectivity index (χ3v) is 9.81. The molecule has 5 heteroatoms. The molecule has 0 atom stereocenters. The van der Waals surface area contributed by atoms with E-state index >= 15 is 0 Å². The molecule has 0 spiro atoms. The molecule has 0 amide bonds. The van der Waals surface area contributed by atoms with Crippen LogP contribution in [0.25, 0.3) is 65.0 Å². The number of phenols is 1. The van der Waals surface area contributed by atoms with E-state index in [2.05, 4.69) is 87.5 Å². The van der Waals surface area contributed by atoms with Gasteiger partial charge in [0.15, 0.2) is 5.58 Å². The summed E-state index contributed by atoms with van der Waals surface area (Å²) in [5.41, 5.74) is 8.99. The number of thiophene rings is 1. The molecule has 0 aliphatic carbocycles. The van der Waals surface area contributed by atoms with Crippen molar-refractivity contribution < 1.29 is 9.52 Å². The smallest absolute Gasteiger partial charge is 0.229 e. The molecule has 0 bridgehead atoms. The number of para-hydroxylation sites is 1. The number of aromatic hydroxyl groups is 1. The van der Waals surface area contributed by atoms with Gasteiger partial charge in [-0.05, 0) is 82.3 Å². The van der Waals surface area contributed by atoms with Crippen LogP contribution in [0.5, 0.6) is 5.75 Å². The molecule has 6 aromatic carbocycles. The van der Waals surface area contributed by atoms with E-state index in [4.69, 9.17) is 14.4 Å². The van der Waals surface area contributed by atoms with E-state index in [0.717, 1.165) is 38.9 Å². The first-order valence-corrected chi connectivity index (χ1v) is 16.5. The highest BCUT2D eigenvalue weighted by molar-refractivity contribution is 7.25. The summed E-state index contributed by atoms with van der Waals surface area (Å²) in [5, 5.41) is 13.1. The molecule has 47 heavy (non-hydrogen) atoms. The number of fused-ring (bicyclic) bond motifs is 4. The molecule has 0 fully saturated rings. The zero-order chi connectivity index (χ0) is 32.1. The van der Waals surface area contributed by atoms with Crippen molar-refractivity contribution in [1.82, 2.24) is 4.98 Å². The minimum atomic E-state index is -0.0506. The molecule has 0 saturated heterocycles. The molecule has 0 unspecified atom stereocenters. The SMILES string of the molecule is CC(C)(C)c1ccc(O)c(C=Nc2ccccc2-c2nc3c(-c4ccccc4)cc(-c4ccc5sc6ccccc6c5c4)cc3o2)c1. The van der Waals surface area contributed by atoms with Gasteiger partial charge in [-0.3, -0.25) is 4.99 Å². The van der Waals surface area contributed by atoms with E-state index in [9.17, 15) is 5.11 Å². The number of phenolic OH excluding ortho intramolecular Hbond substituents is 1. The lowest BCUT2D eigenvalue weighted by molar-refractivity contribution is 0.473. The van der Waals surface area contributed by atoms with Gasteiger partial charge in [0, 0.05) is 37.5 Å². The van der Waals surface area contributed by atoms with Crippen molar-refractivity contribution >= 4 is 54.5 Å². The lowest BCUT2D eigenvalue weighted by Crippen LogP contribution is -2.11. The summed E-state index contributed by atoms with van der Waals surface area (Å²) in [6.45, 7) is 6.46. The van der Waals surface area contributed by atoms with Gasteiger partial charge in [0.05, 0.1) is 11.3 Å². The predicted molar refractivity (Wildman–Crippen MR) is 197 cm³/mol. The minimum Gasteiger partial charge on any atom is -0.507 e. The van der Waals surface area contributed by atoms with Crippen LogP contribution >= 0.6 is 11.3 Å². The Morgan fingerprint density at radius 3 is 2.30 bits per heavy atom. The molecule has 228 valence electrons.